The minimum atomic E-state index is -0.380. The number of anilines is 1. The molecule has 0 aliphatic heterocycles. The van der Waals surface area contributed by atoms with Crippen molar-refractivity contribution in [3.8, 4) is 0 Å². The lowest BCUT2D eigenvalue weighted by atomic mass is 10.1. The number of rotatable bonds is 4. The van der Waals surface area contributed by atoms with E-state index in [0.717, 1.165) is 11.3 Å². The zero-order valence-corrected chi connectivity index (χ0v) is 11.1. The number of hydrogen-bond donors (Lipinski definition) is 1. The highest BCUT2D eigenvalue weighted by Gasteiger charge is 2.06. The standard InChI is InChI=1S/C14H12Cl2FN/c15-8-10-4-1-2-7-13(10)18-9-11-5-3-6-12(16)14(11)17/h1-7,18H,8-9H2. The summed E-state index contributed by atoms with van der Waals surface area (Å²) in [4.78, 5) is 0. The van der Waals surface area contributed by atoms with Crippen LogP contribution >= 0.6 is 23.2 Å². The summed E-state index contributed by atoms with van der Waals surface area (Å²) >= 11 is 11.6. The van der Waals surface area contributed by atoms with Crippen LogP contribution in [-0.4, -0.2) is 0 Å². The third kappa shape index (κ3) is 2.95. The van der Waals surface area contributed by atoms with E-state index in [4.69, 9.17) is 23.2 Å². The first-order valence-electron chi connectivity index (χ1n) is 5.53. The second-order valence-corrected chi connectivity index (χ2v) is 4.53. The fourth-order valence-electron chi connectivity index (χ4n) is 1.68. The SMILES string of the molecule is Fc1c(Cl)cccc1CNc1ccccc1CCl. The van der Waals surface area contributed by atoms with Crippen molar-refractivity contribution >= 4 is 28.9 Å². The fraction of sp³-hybridized carbons (Fsp3) is 0.143. The van der Waals surface area contributed by atoms with Gasteiger partial charge in [0.15, 0.2) is 0 Å². The molecule has 0 bridgehead atoms. The molecule has 94 valence electrons. The van der Waals surface area contributed by atoms with Gasteiger partial charge in [0, 0.05) is 23.7 Å². The van der Waals surface area contributed by atoms with E-state index in [1.54, 1.807) is 12.1 Å². The number of halogens is 3. The van der Waals surface area contributed by atoms with E-state index in [1.807, 2.05) is 24.3 Å². The van der Waals surface area contributed by atoms with E-state index in [2.05, 4.69) is 5.32 Å². The predicted molar refractivity (Wildman–Crippen MR) is 74.7 cm³/mol. The Morgan fingerprint density at radius 1 is 1.00 bits per heavy atom. The summed E-state index contributed by atoms with van der Waals surface area (Å²) < 4.78 is 13.7. The maximum Gasteiger partial charge on any atom is 0.146 e. The number of benzene rings is 2. The van der Waals surface area contributed by atoms with Crippen LogP contribution < -0.4 is 5.32 Å². The van der Waals surface area contributed by atoms with Crippen LogP contribution in [-0.2, 0) is 12.4 Å². The van der Waals surface area contributed by atoms with Crippen LogP contribution in [0.2, 0.25) is 5.02 Å². The van der Waals surface area contributed by atoms with Gasteiger partial charge in [-0.1, -0.05) is 41.9 Å². The first-order valence-corrected chi connectivity index (χ1v) is 6.44. The van der Waals surface area contributed by atoms with E-state index < -0.39 is 0 Å². The van der Waals surface area contributed by atoms with Gasteiger partial charge >= 0.3 is 0 Å². The first kappa shape index (κ1) is 13.2. The molecular formula is C14H12Cl2FN. The largest absolute Gasteiger partial charge is 0.381 e. The number of para-hydroxylation sites is 1. The van der Waals surface area contributed by atoms with Crippen LogP contribution in [0.3, 0.4) is 0 Å². The van der Waals surface area contributed by atoms with Crippen molar-refractivity contribution in [3.05, 3.63) is 64.4 Å². The topological polar surface area (TPSA) is 12.0 Å². The molecule has 2 rings (SSSR count). The van der Waals surface area contributed by atoms with Crippen molar-refractivity contribution < 1.29 is 4.39 Å². The molecule has 4 heteroatoms. The molecule has 0 aromatic heterocycles. The van der Waals surface area contributed by atoms with Gasteiger partial charge in [-0.2, -0.15) is 0 Å². The Hall–Kier alpha value is -1.25. The minimum Gasteiger partial charge on any atom is -0.381 e. The van der Waals surface area contributed by atoms with Crippen molar-refractivity contribution in [2.45, 2.75) is 12.4 Å². The summed E-state index contributed by atoms with van der Waals surface area (Å²) in [5.74, 6) is 0.0382. The molecule has 1 nitrogen and oxygen atoms in total. The van der Waals surface area contributed by atoms with Crippen LogP contribution in [0.4, 0.5) is 10.1 Å². The van der Waals surface area contributed by atoms with E-state index in [-0.39, 0.29) is 10.8 Å². The maximum absolute atomic E-state index is 13.7. The lowest BCUT2D eigenvalue weighted by molar-refractivity contribution is 0.613. The van der Waals surface area contributed by atoms with E-state index in [1.165, 1.54) is 6.07 Å². The van der Waals surface area contributed by atoms with Crippen LogP contribution in [0, 0.1) is 5.82 Å². The molecule has 0 spiro atoms. The fourth-order valence-corrected chi connectivity index (χ4v) is 2.11. The molecule has 0 atom stereocenters. The summed E-state index contributed by atoms with van der Waals surface area (Å²) in [5.41, 5.74) is 2.43. The highest BCUT2D eigenvalue weighted by molar-refractivity contribution is 6.30. The molecule has 0 fully saturated rings. The monoisotopic (exact) mass is 283 g/mol. The Balaban J connectivity index is 2.14. The molecule has 0 amide bonds. The van der Waals surface area contributed by atoms with E-state index in [0.29, 0.717) is 18.0 Å². The van der Waals surface area contributed by atoms with Gasteiger partial charge in [-0.15, -0.1) is 11.6 Å². The Morgan fingerprint density at radius 2 is 1.72 bits per heavy atom. The molecular weight excluding hydrogens is 272 g/mol. The Morgan fingerprint density at radius 3 is 2.50 bits per heavy atom. The minimum absolute atomic E-state index is 0.139. The summed E-state index contributed by atoms with van der Waals surface area (Å²) in [6.07, 6.45) is 0. The van der Waals surface area contributed by atoms with E-state index >= 15 is 0 Å². The molecule has 0 saturated carbocycles. The average Bonchev–Trinajstić information content (AvgIpc) is 2.41. The van der Waals surface area contributed by atoms with Crippen LogP contribution in [0.5, 0.6) is 0 Å². The highest BCUT2D eigenvalue weighted by atomic mass is 35.5. The lowest BCUT2D eigenvalue weighted by Gasteiger charge is -2.11. The highest BCUT2D eigenvalue weighted by Crippen LogP contribution is 2.21. The molecule has 2 aromatic rings. The average molecular weight is 284 g/mol. The van der Waals surface area contributed by atoms with Crippen molar-refractivity contribution in [2.75, 3.05) is 5.32 Å². The van der Waals surface area contributed by atoms with Gasteiger partial charge in [0.05, 0.1) is 5.02 Å². The van der Waals surface area contributed by atoms with Gasteiger partial charge < -0.3 is 5.32 Å². The molecule has 0 aliphatic rings. The summed E-state index contributed by atoms with van der Waals surface area (Å²) in [6.45, 7) is 0.375. The van der Waals surface area contributed by atoms with Crippen LogP contribution in [0.1, 0.15) is 11.1 Å². The Bertz CT molecular complexity index is 543. The normalized spacial score (nSPS) is 10.4. The number of alkyl halides is 1. The van der Waals surface area contributed by atoms with Gasteiger partial charge in [-0.3, -0.25) is 0 Å². The maximum atomic E-state index is 13.7. The third-order valence-corrected chi connectivity index (χ3v) is 3.24. The number of nitrogens with one attached hydrogen (secondary N) is 1. The first-order chi connectivity index (χ1) is 8.72. The zero-order chi connectivity index (χ0) is 13.0. The van der Waals surface area contributed by atoms with Crippen LogP contribution in [0.25, 0.3) is 0 Å². The summed E-state index contributed by atoms with van der Waals surface area (Å²) in [7, 11) is 0. The second kappa shape index (κ2) is 6.07. The van der Waals surface area contributed by atoms with Crippen molar-refractivity contribution in [1.29, 1.82) is 0 Å². The predicted octanol–water partition coefficient (Wildman–Crippen LogP) is 4.83. The van der Waals surface area contributed by atoms with E-state index in [9.17, 15) is 4.39 Å². The quantitative estimate of drug-likeness (QED) is 0.793. The molecule has 2 aromatic carbocycles. The zero-order valence-electron chi connectivity index (χ0n) is 9.59. The van der Waals surface area contributed by atoms with Gasteiger partial charge in [0.25, 0.3) is 0 Å². The molecule has 0 saturated heterocycles. The summed E-state index contributed by atoms with van der Waals surface area (Å²) in [6, 6.07) is 12.7. The molecule has 0 radical (unpaired) electrons. The summed E-state index contributed by atoms with van der Waals surface area (Å²) in [5, 5.41) is 3.30. The van der Waals surface area contributed by atoms with Gasteiger partial charge in [0.2, 0.25) is 0 Å². The van der Waals surface area contributed by atoms with Gasteiger partial charge in [-0.05, 0) is 17.7 Å². The van der Waals surface area contributed by atoms with Gasteiger partial charge in [0.1, 0.15) is 5.82 Å². The Kier molecular flexibility index (Phi) is 4.45. The van der Waals surface area contributed by atoms with Gasteiger partial charge in [-0.25, -0.2) is 4.39 Å². The third-order valence-electron chi connectivity index (χ3n) is 2.66. The van der Waals surface area contributed by atoms with Crippen molar-refractivity contribution in [2.24, 2.45) is 0 Å². The molecule has 1 N–H and O–H groups in total. The smallest absolute Gasteiger partial charge is 0.146 e. The molecule has 0 heterocycles. The van der Waals surface area contributed by atoms with Crippen LogP contribution in [0.15, 0.2) is 42.5 Å². The lowest BCUT2D eigenvalue weighted by Crippen LogP contribution is -2.03. The van der Waals surface area contributed by atoms with Crippen molar-refractivity contribution in [1.82, 2.24) is 0 Å². The molecule has 18 heavy (non-hydrogen) atoms. The van der Waals surface area contributed by atoms with Crippen molar-refractivity contribution in [3.63, 3.8) is 0 Å². The number of hydrogen-bond acceptors (Lipinski definition) is 1. The molecule has 0 unspecified atom stereocenters. The molecule has 0 aliphatic carbocycles. The Labute approximate surface area is 116 Å². The second-order valence-electron chi connectivity index (χ2n) is 3.86.